The van der Waals surface area contributed by atoms with E-state index < -0.39 is 31.8 Å². The molecule has 1 fully saturated rings. The molecule has 1 saturated heterocycles. The lowest BCUT2D eigenvalue weighted by molar-refractivity contribution is -0.129. The quantitative estimate of drug-likeness (QED) is 0.0806. The summed E-state index contributed by atoms with van der Waals surface area (Å²) in [6, 6.07) is 0. The standard InChI is InChI=1S/C24H36F5N4P/c1-4-23(25,26)9-15-34(3,16-10-24(27,28)29)14-6-5-11-31-21-8-7-19(2)18-32-22(20(21)17-30)33-12-13-33/h4,17-18,20,30H,1,3,5-16H2,2H3. The van der Waals surface area contributed by atoms with Gasteiger partial charge in [0.25, 0.3) is 5.92 Å². The molecule has 0 aliphatic carbocycles. The Balaban J connectivity index is 1.98. The van der Waals surface area contributed by atoms with E-state index in [1.165, 1.54) is 6.21 Å². The second-order valence-electron chi connectivity index (χ2n) is 9.27. The fourth-order valence-electron chi connectivity index (χ4n) is 3.83. The lowest BCUT2D eigenvalue weighted by Crippen LogP contribution is -2.31. The largest absolute Gasteiger partial charge is 0.389 e. The summed E-state index contributed by atoms with van der Waals surface area (Å²) in [6.45, 7) is 5.03. The summed E-state index contributed by atoms with van der Waals surface area (Å²) in [4.78, 5) is 11.4. The molecule has 0 radical (unpaired) electrons. The van der Waals surface area contributed by atoms with Gasteiger partial charge in [-0.1, -0.05) is 12.2 Å². The van der Waals surface area contributed by atoms with Crippen molar-refractivity contribution in [2.75, 3.05) is 38.1 Å². The summed E-state index contributed by atoms with van der Waals surface area (Å²) >= 11 is 0. The SMILES string of the molecule is C=CC(F)(F)CCP(=C)(CCCCN=C1CCC(C)=CN=C(N2CC2)C1C=N)CCC(F)(F)F. The normalized spacial score (nSPS) is 22.4. The Kier molecular flexibility index (Phi) is 10.3. The van der Waals surface area contributed by atoms with Crippen LogP contribution in [0.25, 0.3) is 0 Å². The van der Waals surface area contributed by atoms with Gasteiger partial charge in [0, 0.05) is 50.6 Å². The molecule has 192 valence electrons. The molecule has 2 unspecified atom stereocenters. The average Bonchev–Trinajstić information content (AvgIpc) is 3.60. The number of nitrogens with one attached hydrogen (secondary N) is 1. The number of hydrogen-bond acceptors (Lipinski definition) is 4. The Hall–Kier alpha value is -1.76. The van der Waals surface area contributed by atoms with Crippen molar-refractivity contribution in [1.82, 2.24) is 4.90 Å². The monoisotopic (exact) mass is 506 g/mol. The third-order valence-electron chi connectivity index (χ3n) is 6.21. The van der Waals surface area contributed by atoms with Crippen LogP contribution in [0.2, 0.25) is 0 Å². The molecular formula is C24H36F5N4P. The first-order chi connectivity index (χ1) is 15.9. The molecule has 2 atom stereocenters. The smallest absolute Gasteiger partial charge is 0.356 e. The van der Waals surface area contributed by atoms with E-state index in [1.54, 1.807) is 0 Å². The van der Waals surface area contributed by atoms with E-state index in [9.17, 15) is 22.0 Å². The van der Waals surface area contributed by atoms with Gasteiger partial charge in [-0.15, -0.1) is 13.2 Å². The maximum atomic E-state index is 13.7. The van der Waals surface area contributed by atoms with Crippen molar-refractivity contribution in [3.63, 3.8) is 0 Å². The Morgan fingerprint density at radius 3 is 2.41 bits per heavy atom. The number of nitrogens with zero attached hydrogens (tertiary/aromatic N) is 3. The minimum absolute atomic E-state index is 0.00770. The first-order valence-electron chi connectivity index (χ1n) is 11.7. The number of aliphatic imine (C=N–C) groups is 2. The molecule has 1 N–H and O–H groups in total. The van der Waals surface area contributed by atoms with Gasteiger partial charge in [0.1, 0.15) is 5.84 Å². The molecular weight excluding hydrogens is 470 g/mol. The van der Waals surface area contributed by atoms with E-state index in [1.807, 2.05) is 13.1 Å². The first-order valence-corrected chi connectivity index (χ1v) is 14.2. The maximum Gasteiger partial charge on any atom is 0.389 e. The molecule has 2 aliphatic heterocycles. The third-order valence-corrected chi connectivity index (χ3v) is 9.82. The number of halogens is 5. The summed E-state index contributed by atoms with van der Waals surface area (Å²) in [5, 5.41) is 7.91. The van der Waals surface area contributed by atoms with Crippen LogP contribution in [0.5, 0.6) is 0 Å². The van der Waals surface area contributed by atoms with Crippen LogP contribution in [0, 0.1) is 11.3 Å². The van der Waals surface area contributed by atoms with E-state index >= 15 is 0 Å². The minimum Gasteiger partial charge on any atom is -0.356 e. The maximum absolute atomic E-state index is 13.7. The van der Waals surface area contributed by atoms with E-state index in [4.69, 9.17) is 10.4 Å². The zero-order valence-electron chi connectivity index (χ0n) is 19.9. The Morgan fingerprint density at radius 2 is 1.82 bits per heavy atom. The topological polar surface area (TPSA) is 51.6 Å². The summed E-state index contributed by atoms with van der Waals surface area (Å²) in [7, 11) is 0. The van der Waals surface area contributed by atoms with Gasteiger partial charge in [-0.3, -0.25) is 4.99 Å². The number of alkyl halides is 5. The van der Waals surface area contributed by atoms with Gasteiger partial charge in [0.15, 0.2) is 0 Å². The zero-order valence-corrected chi connectivity index (χ0v) is 20.8. The lowest BCUT2D eigenvalue weighted by atomic mass is 9.95. The number of hydrogen-bond donors (Lipinski definition) is 1. The van der Waals surface area contributed by atoms with E-state index in [-0.39, 0.29) is 18.2 Å². The van der Waals surface area contributed by atoms with Gasteiger partial charge >= 0.3 is 6.18 Å². The zero-order chi connectivity index (χ0) is 25.4. The molecule has 4 nitrogen and oxygen atoms in total. The van der Waals surface area contributed by atoms with Crippen LogP contribution >= 0.6 is 6.89 Å². The highest BCUT2D eigenvalue weighted by molar-refractivity contribution is 7.73. The summed E-state index contributed by atoms with van der Waals surface area (Å²) in [6.07, 6.45) is 5.03. The highest BCUT2D eigenvalue weighted by atomic mass is 31.2. The molecule has 2 aliphatic rings. The number of rotatable bonds is 12. The van der Waals surface area contributed by atoms with Crippen LogP contribution in [0.4, 0.5) is 22.0 Å². The molecule has 2 rings (SSSR count). The van der Waals surface area contributed by atoms with Gasteiger partial charge in [0.2, 0.25) is 0 Å². The Morgan fingerprint density at radius 1 is 1.15 bits per heavy atom. The van der Waals surface area contributed by atoms with Crippen molar-refractivity contribution >= 4 is 30.9 Å². The van der Waals surface area contributed by atoms with Gasteiger partial charge in [-0.05, 0) is 57.2 Å². The van der Waals surface area contributed by atoms with E-state index in [0.29, 0.717) is 31.6 Å². The van der Waals surface area contributed by atoms with Crippen LogP contribution in [0.3, 0.4) is 0 Å². The first kappa shape index (κ1) is 28.5. The van der Waals surface area contributed by atoms with Crippen LogP contribution in [0.15, 0.2) is 34.4 Å². The predicted molar refractivity (Wildman–Crippen MR) is 135 cm³/mol. The Bertz CT molecular complexity index is 856. The number of allylic oxidation sites excluding steroid dienone is 2. The fraction of sp³-hybridized carbons (Fsp3) is 0.667. The number of amidine groups is 1. The van der Waals surface area contributed by atoms with Crippen molar-refractivity contribution in [3.8, 4) is 0 Å². The van der Waals surface area contributed by atoms with Crippen molar-refractivity contribution < 1.29 is 22.0 Å². The molecule has 0 bridgehead atoms. The molecule has 0 aromatic rings. The number of unbranched alkanes of at least 4 members (excludes halogenated alkanes) is 1. The lowest BCUT2D eigenvalue weighted by Gasteiger charge is -2.27. The minimum atomic E-state index is -4.32. The predicted octanol–water partition coefficient (Wildman–Crippen LogP) is 6.50. The summed E-state index contributed by atoms with van der Waals surface area (Å²) < 4.78 is 65.7. The summed E-state index contributed by atoms with van der Waals surface area (Å²) in [5.74, 6) is -2.51. The fourth-order valence-corrected chi connectivity index (χ4v) is 6.89. The van der Waals surface area contributed by atoms with Crippen molar-refractivity contribution in [2.45, 2.75) is 57.5 Å². The van der Waals surface area contributed by atoms with Gasteiger partial charge in [-0.2, -0.15) is 13.2 Å². The van der Waals surface area contributed by atoms with Crippen molar-refractivity contribution in [3.05, 3.63) is 24.4 Å². The van der Waals surface area contributed by atoms with E-state index in [2.05, 4.69) is 22.8 Å². The molecule has 2 heterocycles. The second kappa shape index (κ2) is 12.3. The van der Waals surface area contributed by atoms with Gasteiger partial charge < -0.3 is 10.3 Å². The van der Waals surface area contributed by atoms with E-state index in [0.717, 1.165) is 43.1 Å². The summed E-state index contributed by atoms with van der Waals surface area (Å²) in [5.41, 5.74) is 2.04. The van der Waals surface area contributed by atoms with Crippen molar-refractivity contribution in [1.29, 1.82) is 5.41 Å². The highest BCUT2D eigenvalue weighted by Gasteiger charge is 2.33. The molecule has 0 saturated carbocycles. The molecule has 34 heavy (non-hydrogen) atoms. The Labute approximate surface area is 199 Å². The van der Waals surface area contributed by atoms with Gasteiger partial charge in [0.05, 0.1) is 5.92 Å². The molecule has 0 amide bonds. The van der Waals surface area contributed by atoms with Crippen LogP contribution in [-0.4, -0.2) is 79.2 Å². The molecule has 0 aromatic carbocycles. The van der Waals surface area contributed by atoms with Gasteiger partial charge in [-0.25, -0.2) is 13.8 Å². The van der Waals surface area contributed by atoms with Crippen molar-refractivity contribution in [2.24, 2.45) is 15.9 Å². The van der Waals surface area contributed by atoms with Crippen LogP contribution in [-0.2, 0) is 0 Å². The highest BCUT2D eigenvalue weighted by Crippen LogP contribution is 2.50. The van der Waals surface area contributed by atoms with Crippen LogP contribution in [0.1, 0.15) is 45.4 Å². The molecule has 0 aromatic heterocycles. The third kappa shape index (κ3) is 9.85. The van der Waals surface area contributed by atoms with Crippen LogP contribution < -0.4 is 0 Å². The average molecular weight is 507 g/mol. The second-order valence-corrected chi connectivity index (χ2v) is 13.3. The molecule has 0 spiro atoms. The molecule has 10 heteroatoms.